The SMILES string of the molecule is Cc1cc(F)c(C(C)Oc2c([N+](=O)[O-])ccc(O)c2C#N)c(F)c1F. The minimum absolute atomic E-state index is 0.257. The van der Waals surface area contributed by atoms with Gasteiger partial charge in [-0.15, -0.1) is 0 Å². The lowest BCUT2D eigenvalue weighted by Gasteiger charge is -2.18. The molecule has 0 bridgehead atoms. The van der Waals surface area contributed by atoms with Gasteiger partial charge in [0.25, 0.3) is 0 Å². The molecule has 0 fully saturated rings. The molecule has 0 heterocycles. The van der Waals surface area contributed by atoms with Crippen LogP contribution in [0.15, 0.2) is 18.2 Å². The average Bonchev–Trinajstić information content (AvgIpc) is 2.52. The van der Waals surface area contributed by atoms with Crippen molar-refractivity contribution >= 4 is 5.69 Å². The van der Waals surface area contributed by atoms with Gasteiger partial charge in [0, 0.05) is 6.07 Å². The minimum atomic E-state index is -1.51. The third-order valence-electron chi connectivity index (χ3n) is 3.50. The molecule has 1 N–H and O–H groups in total. The fourth-order valence-electron chi connectivity index (χ4n) is 2.27. The van der Waals surface area contributed by atoms with Crippen LogP contribution in [0.4, 0.5) is 18.9 Å². The number of aromatic hydroxyl groups is 1. The topological polar surface area (TPSA) is 96.4 Å². The van der Waals surface area contributed by atoms with Gasteiger partial charge in [0.2, 0.25) is 5.75 Å². The van der Waals surface area contributed by atoms with E-state index >= 15 is 0 Å². The number of ether oxygens (including phenoxy) is 1. The maximum absolute atomic E-state index is 14.1. The molecule has 1 atom stereocenters. The van der Waals surface area contributed by atoms with Gasteiger partial charge in [0.1, 0.15) is 29.3 Å². The summed E-state index contributed by atoms with van der Waals surface area (Å²) in [5.41, 5.74) is -2.30. The molecule has 25 heavy (non-hydrogen) atoms. The minimum Gasteiger partial charge on any atom is -0.506 e. The number of rotatable bonds is 4. The fourth-order valence-corrected chi connectivity index (χ4v) is 2.27. The van der Waals surface area contributed by atoms with Gasteiger partial charge < -0.3 is 9.84 Å². The first-order valence-electron chi connectivity index (χ1n) is 6.90. The van der Waals surface area contributed by atoms with Crippen molar-refractivity contribution in [3.8, 4) is 17.6 Å². The van der Waals surface area contributed by atoms with Gasteiger partial charge in [-0.1, -0.05) is 0 Å². The van der Waals surface area contributed by atoms with E-state index in [1.54, 1.807) is 0 Å². The summed E-state index contributed by atoms with van der Waals surface area (Å²) in [6.45, 7) is 2.30. The number of aryl methyl sites for hydroxylation is 1. The van der Waals surface area contributed by atoms with E-state index in [4.69, 9.17) is 10.00 Å². The van der Waals surface area contributed by atoms with Crippen LogP contribution in [0, 0.1) is 45.8 Å². The van der Waals surface area contributed by atoms with Crippen molar-refractivity contribution in [2.45, 2.75) is 20.0 Å². The van der Waals surface area contributed by atoms with Crippen LogP contribution in [0.1, 0.15) is 29.7 Å². The van der Waals surface area contributed by atoms with Crippen LogP contribution in [-0.2, 0) is 0 Å². The maximum Gasteiger partial charge on any atom is 0.312 e. The van der Waals surface area contributed by atoms with Crippen molar-refractivity contribution in [1.82, 2.24) is 0 Å². The zero-order valence-corrected chi connectivity index (χ0v) is 13.0. The van der Waals surface area contributed by atoms with Gasteiger partial charge in [0.15, 0.2) is 11.6 Å². The van der Waals surface area contributed by atoms with Crippen LogP contribution in [0.2, 0.25) is 0 Å². The quantitative estimate of drug-likeness (QED) is 0.509. The summed E-state index contributed by atoms with van der Waals surface area (Å²) in [6.07, 6.45) is -1.51. The summed E-state index contributed by atoms with van der Waals surface area (Å²) < 4.78 is 47.0. The van der Waals surface area contributed by atoms with Crippen molar-refractivity contribution in [3.63, 3.8) is 0 Å². The highest BCUT2D eigenvalue weighted by Gasteiger charge is 2.28. The molecule has 0 aliphatic rings. The molecule has 9 heteroatoms. The highest BCUT2D eigenvalue weighted by molar-refractivity contribution is 5.62. The molecular weight excluding hydrogens is 341 g/mol. The van der Waals surface area contributed by atoms with E-state index in [0.717, 1.165) is 25.1 Å². The lowest BCUT2D eigenvalue weighted by Crippen LogP contribution is -2.12. The molecule has 2 rings (SSSR count). The second-order valence-electron chi connectivity index (χ2n) is 5.15. The molecule has 0 amide bonds. The molecule has 0 radical (unpaired) electrons. The first-order valence-corrected chi connectivity index (χ1v) is 6.90. The summed E-state index contributed by atoms with van der Waals surface area (Å²) in [7, 11) is 0. The molecule has 0 saturated carbocycles. The van der Waals surface area contributed by atoms with Crippen molar-refractivity contribution in [1.29, 1.82) is 5.26 Å². The highest BCUT2D eigenvalue weighted by atomic mass is 19.2. The molecule has 130 valence electrons. The molecule has 0 spiro atoms. The van der Waals surface area contributed by atoms with Gasteiger partial charge >= 0.3 is 5.69 Å². The van der Waals surface area contributed by atoms with E-state index in [1.165, 1.54) is 13.0 Å². The molecule has 0 aliphatic carbocycles. The number of nitro benzene ring substituents is 1. The molecular formula is C16H11F3N2O4. The molecule has 0 saturated heterocycles. The molecule has 1 unspecified atom stereocenters. The van der Waals surface area contributed by atoms with Crippen LogP contribution < -0.4 is 4.74 Å². The Morgan fingerprint density at radius 2 is 1.96 bits per heavy atom. The number of benzene rings is 2. The Morgan fingerprint density at radius 3 is 2.52 bits per heavy atom. The third-order valence-corrected chi connectivity index (χ3v) is 3.50. The maximum atomic E-state index is 14.1. The van der Waals surface area contributed by atoms with Crippen LogP contribution in [0.25, 0.3) is 0 Å². The van der Waals surface area contributed by atoms with E-state index in [1.807, 2.05) is 0 Å². The second-order valence-corrected chi connectivity index (χ2v) is 5.15. The Kier molecular flexibility index (Phi) is 4.83. The Labute approximate surface area is 139 Å². The van der Waals surface area contributed by atoms with Gasteiger partial charge in [-0.3, -0.25) is 10.1 Å². The van der Waals surface area contributed by atoms with Crippen molar-refractivity contribution < 1.29 is 27.9 Å². The smallest absolute Gasteiger partial charge is 0.312 e. The fraction of sp³-hybridized carbons (Fsp3) is 0.188. The number of nitriles is 1. The molecule has 0 aromatic heterocycles. The number of nitrogens with zero attached hydrogens (tertiary/aromatic N) is 2. The van der Waals surface area contributed by atoms with Crippen molar-refractivity contribution in [3.05, 3.63) is 62.5 Å². The largest absolute Gasteiger partial charge is 0.506 e. The van der Waals surface area contributed by atoms with Crippen molar-refractivity contribution in [2.75, 3.05) is 0 Å². The normalized spacial score (nSPS) is 11.7. The van der Waals surface area contributed by atoms with Crippen LogP contribution in [0.5, 0.6) is 11.5 Å². The van der Waals surface area contributed by atoms with E-state index < -0.39 is 56.8 Å². The Bertz CT molecular complexity index is 909. The standard InChI is InChI=1S/C16H11F3N2O4/c1-7-5-10(17)13(15(19)14(7)18)8(2)25-16-9(6-20)12(22)4-3-11(16)21(23)24/h3-5,8,22H,1-2H3. The van der Waals surface area contributed by atoms with Gasteiger partial charge in [-0.2, -0.15) is 5.26 Å². The van der Waals surface area contributed by atoms with E-state index in [0.29, 0.717) is 0 Å². The molecule has 6 nitrogen and oxygen atoms in total. The first kappa shape index (κ1) is 18.1. The van der Waals surface area contributed by atoms with E-state index in [2.05, 4.69) is 0 Å². The van der Waals surface area contributed by atoms with Gasteiger partial charge in [0.05, 0.1) is 10.5 Å². The number of phenols is 1. The van der Waals surface area contributed by atoms with E-state index in [-0.39, 0.29) is 5.56 Å². The predicted octanol–water partition coefficient (Wildman–Crippen LogP) is 4.04. The van der Waals surface area contributed by atoms with Crippen molar-refractivity contribution in [2.24, 2.45) is 0 Å². The number of hydrogen-bond donors (Lipinski definition) is 1. The second kappa shape index (κ2) is 6.68. The zero-order chi connectivity index (χ0) is 18.9. The number of phenolic OH excluding ortho intramolecular Hbond substituents is 1. The van der Waals surface area contributed by atoms with Gasteiger partial charge in [-0.25, -0.2) is 13.2 Å². The summed E-state index contributed by atoms with van der Waals surface area (Å²) in [6, 6.07) is 4.08. The average molecular weight is 352 g/mol. The van der Waals surface area contributed by atoms with Crippen LogP contribution in [0.3, 0.4) is 0 Å². The van der Waals surface area contributed by atoms with Gasteiger partial charge in [-0.05, 0) is 31.5 Å². The Morgan fingerprint density at radius 1 is 1.32 bits per heavy atom. The first-order chi connectivity index (χ1) is 11.7. The Hall–Kier alpha value is -3.28. The Balaban J connectivity index is 2.58. The lowest BCUT2D eigenvalue weighted by molar-refractivity contribution is -0.386. The number of nitro groups is 1. The zero-order valence-electron chi connectivity index (χ0n) is 13.0. The summed E-state index contributed by atoms with van der Waals surface area (Å²) >= 11 is 0. The number of halogens is 3. The molecule has 2 aromatic rings. The lowest BCUT2D eigenvalue weighted by atomic mass is 10.1. The van der Waals surface area contributed by atoms with Crippen LogP contribution >= 0.6 is 0 Å². The summed E-state index contributed by atoms with van der Waals surface area (Å²) in [5.74, 6) is -5.15. The third kappa shape index (κ3) is 3.19. The van der Waals surface area contributed by atoms with E-state index in [9.17, 15) is 28.4 Å². The highest BCUT2D eigenvalue weighted by Crippen LogP contribution is 2.39. The number of hydrogen-bond acceptors (Lipinski definition) is 5. The predicted molar refractivity (Wildman–Crippen MR) is 79.6 cm³/mol. The summed E-state index contributed by atoms with van der Waals surface area (Å²) in [4.78, 5) is 10.2. The summed E-state index contributed by atoms with van der Waals surface area (Å²) in [5, 5.41) is 29.8. The molecule has 2 aromatic carbocycles. The van der Waals surface area contributed by atoms with Crippen LogP contribution in [-0.4, -0.2) is 10.0 Å². The molecule has 0 aliphatic heterocycles. The monoisotopic (exact) mass is 352 g/mol.